The summed E-state index contributed by atoms with van der Waals surface area (Å²) < 4.78 is 0. The number of aryl methyl sites for hydroxylation is 1. The lowest BCUT2D eigenvalue weighted by Crippen LogP contribution is -2.12. The molecule has 4 heteroatoms. The molecule has 0 saturated heterocycles. The first-order valence-electron chi connectivity index (χ1n) is 6.07. The normalized spacial score (nSPS) is 10.2. The third kappa shape index (κ3) is 2.77. The molecule has 1 heterocycles. The van der Waals surface area contributed by atoms with E-state index in [0.29, 0.717) is 0 Å². The van der Waals surface area contributed by atoms with E-state index in [4.69, 9.17) is 0 Å². The van der Waals surface area contributed by atoms with Gasteiger partial charge in [-0.2, -0.15) is 0 Å². The Morgan fingerprint density at radius 1 is 1.22 bits per heavy atom. The number of nitrogens with one attached hydrogen (secondary N) is 1. The first-order valence-corrected chi connectivity index (χ1v) is 6.07. The number of rotatable bonds is 4. The second kappa shape index (κ2) is 5.49. The number of aromatic nitrogens is 2. The van der Waals surface area contributed by atoms with E-state index < -0.39 is 0 Å². The zero-order chi connectivity index (χ0) is 13.0. The van der Waals surface area contributed by atoms with Gasteiger partial charge in [0.15, 0.2) is 0 Å². The second-order valence-corrected chi connectivity index (χ2v) is 4.19. The highest BCUT2D eigenvalue weighted by Gasteiger charge is 2.06. The standard InChI is InChI=1S/C14H18N4/c1-4-15-13-9-14(17-10-16-13)18(3)12-7-5-6-11(2)8-12/h5-10H,4H2,1-3H3,(H,15,16,17). The molecule has 0 aliphatic rings. The fourth-order valence-electron chi connectivity index (χ4n) is 1.78. The van der Waals surface area contributed by atoms with Gasteiger partial charge in [0, 0.05) is 25.3 Å². The fourth-order valence-corrected chi connectivity index (χ4v) is 1.78. The van der Waals surface area contributed by atoms with Crippen LogP contribution in [0, 0.1) is 6.92 Å². The van der Waals surface area contributed by atoms with Crippen molar-refractivity contribution in [1.29, 1.82) is 0 Å². The minimum absolute atomic E-state index is 0.849. The van der Waals surface area contributed by atoms with E-state index in [0.717, 1.165) is 23.9 Å². The zero-order valence-electron chi connectivity index (χ0n) is 11.0. The van der Waals surface area contributed by atoms with Gasteiger partial charge in [0.05, 0.1) is 0 Å². The molecule has 2 aromatic rings. The number of anilines is 3. The van der Waals surface area contributed by atoms with Crippen LogP contribution in [0.25, 0.3) is 0 Å². The highest BCUT2D eigenvalue weighted by atomic mass is 15.2. The molecule has 0 amide bonds. The summed E-state index contributed by atoms with van der Waals surface area (Å²) in [4.78, 5) is 10.5. The second-order valence-electron chi connectivity index (χ2n) is 4.19. The molecule has 0 spiro atoms. The maximum Gasteiger partial charge on any atom is 0.138 e. The Morgan fingerprint density at radius 3 is 2.78 bits per heavy atom. The molecule has 0 unspecified atom stereocenters. The molecule has 1 N–H and O–H groups in total. The molecule has 0 aliphatic heterocycles. The van der Waals surface area contributed by atoms with Crippen molar-refractivity contribution >= 4 is 17.3 Å². The molecule has 0 atom stereocenters. The molecule has 94 valence electrons. The quantitative estimate of drug-likeness (QED) is 0.895. The van der Waals surface area contributed by atoms with Gasteiger partial charge in [-0.15, -0.1) is 0 Å². The van der Waals surface area contributed by atoms with Crippen LogP contribution in [0.4, 0.5) is 17.3 Å². The lowest BCUT2D eigenvalue weighted by atomic mass is 10.2. The molecular weight excluding hydrogens is 224 g/mol. The van der Waals surface area contributed by atoms with Crippen molar-refractivity contribution in [3.63, 3.8) is 0 Å². The Kier molecular flexibility index (Phi) is 3.77. The predicted octanol–water partition coefficient (Wildman–Crippen LogP) is 2.98. The summed E-state index contributed by atoms with van der Waals surface area (Å²) in [6.07, 6.45) is 1.58. The van der Waals surface area contributed by atoms with Crippen LogP contribution >= 0.6 is 0 Å². The maximum absolute atomic E-state index is 4.30. The van der Waals surface area contributed by atoms with E-state index in [1.165, 1.54) is 5.56 Å². The topological polar surface area (TPSA) is 41.0 Å². The predicted molar refractivity (Wildman–Crippen MR) is 75.4 cm³/mol. The smallest absolute Gasteiger partial charge is 0.138 e. The average Bonchev–Trinajstić information content (AvgIpc) is 2.39. The molecule has 2 rings (SSSR count). The Bertz CT molecular complexity index is 525. The first kappa shape index (κ1) is 12.4. The molecule has 0 radical (unpaired) electrons. The molecule has 18 heavy (non-hydrogen) atoms. The summed E-state index contributed by atoms with van der Waals surface area (Å²) in [6, 6.07) is 10.3. The van der Waals surface area contributed by atoms with Gasteiger partial charge in [0.1, 0.15) is 18.0 Å². The summed E-state index contributed by atoms with van der Waals surface area (Å²) in [5.41, 5.74) is 2.36. The monoisotopic (exact) mass is 242 g/mol. The zero-order valence-corrected chi connectivity index (χ0v) is 11.0. The minimum atomic E-state index is 0.849. The Hall–Kier alpha value is -2.10. The van der Waals surface area contributed by atoms with Crippen LogP contribution in [0.5, 0.6) is 0 Å². The molecular formula is C14H18N4. The summed E-state index contributed by atoms with van der Waals surface area (Å²) in [6.45, 7) is 4.98. The van der Waals surface area contributed by atoms with Crippen LogP contribution < -0.4 is 10.2 Å². The van der Waals surface area contributed by atoms with Gasteiger partial charge in [0.2, 0.25) is 0 Å². The van der Waals surface area contributed by atoms with Crippen LogP contribution in [0.1, 0.15) is 12.5 Å². The van der Waals surface area contributed by atoms with Crippen molar-refractivity contribution in [2.24, 2.45) is 0 Å². The third-order valence-corrected chi connectivity index (χ3v) is 2.74. The summed E-state index contributed by atoms with van der Waals surface area (Å²) in [7, 11) is 2.01. The van der Waals surface area contributed by atoms with Gasteiger partial charge in [-0.1, -0.05) is 12.1 Å². The van der Waals surface area contributed by atoms with Crippen LogP contribution in [-0.2, 0) is 0 Å². The molecule has 0 aliphatic carbocycles. The number of hydrogen-bond acceptors (Lipinski definition) is 4. The van der Waals surface area contributed by atoms with Crippen molar-refractivity contribution in [2.45, 2.75) is 13.8 Å². The summed E-state index contributed by atoms with van der Waals surface area (Å²) in [5, 5.41) is 3.19. The van der Waals surface area contributed by atoms with E-state index in [-0.39, 0.29) is 0 Å². The van der Waals surface area contributed by atoms with Crippen LogP contribution in [-0.4, -0.2) is 23.6 Å². The van der Waals surface area contributed by atoms with Crippen LogP contribution in [0.3, 0.4) is 0 Å². The molecule has 1 aromatic carbocycles. The van der Waals surface area contributed by atoms with E-state index in [1.807, 2.05) is 26.1 Å². The van der Waals surface area contributed by atoms with Crippen molar-refractivity contribution < 1.29 is 0 Å². The number of benzene rings is 1. The largest absolute Gasteiger partial charge is 0.370 e. The van der Waals surface area contributed by atoms with E-state index >= 15 is 0 Å². The number of nitrogens with zero attached hydrogens (tertiary/aromatic N) is 3. The minimum Gasteiger partial charge on any atom is -0.370 e. The SMILES string of the molecule is CCNc1cc(N(C)c2cccc(C)c2)ncn1. The lowest BCUT2D eigenvalue weighted by molar-refractivity contribution is 1.06. The Labute approximate surface area is 108 Å². The van der Waals surface area contributed by atoms with Crippen LogP contribution in [0.2, 0.25) is 0 Å². The van der Waals surface area contributed by atoms with Gasteiger partial charge >= 0.3 is 0 Å². The van der Waals surface area contributed by atoms with Gasteiger partial charge in [0.25, 0.3) is 0 Å². The van der Waals surface area contributed by atoms with Crippen molar-refractivity contribution in [1.82, 2.24) is 9.97 Å². The van der Waals surface area contributed by atoms with E-state index in [2.05, 4.69) is 45.3 Å². The molecule has 0 saturated carbocycles. The van der Waals surface area contributed by atoms with Crippen molar-refractivity contribution in [3.8, 4) is 0 Å². The molecule has 0 bridgehead atoms. The fraction of sp³-hybridized carbons (Fsp3) is 0.286. The average molecular weight is 242 g/mol. The highest BCUT2D eigenvalue weighted by molar-refractivity contribution is 5.61. The van der Waals surface area contributed by atoms with E-state index in [9.17, 15) is 0 Å². The number of hydrogen-bond donors (Lipinski definition) is 1. The van der Waals surface area contributed by atoms with Crippen LogP contribution in [0.15, 0.2) is 36.7 Å². The van der Waals surface area contributed by atoms with Crippen molar-refractivity contribution in [3.05, 3.63) is 42.2 Å². The third-order valence-electron chi connectivity index (χ3n) is 2.74. The summed E-state index contributed by atoms with van der Waals surface area (Å²) >= 11 is 0. The highest BCUT2D eigenvalue weighted by Crippen LogP contribution is 2.23. The Balaban J connectivity index is 2.27. The van der Waals surface area contributed by atoms with Gasteiger partial charge in [-0.25, -0.2) is 9.97 Å². The van der Waals surface area contributed by atoms with E-state index in [1.54, 1.807) is 6.33 Å². The van der Waals surface area contributed by atoms with Crippen molar-refractivity contribution in [2.75, 3.05) is 23.8 Å². The lowest BCUT2D eigenvalue weighted by Gasteiger charge is -2.19. The Morgan fingerprint density at radius 2 is 2.06 bits per heavy atom. The van der Waals surface area contributed by atoms with Gasteiger partial charge in [-0.3, -0.25) is 0 Å². The molecule has 1 aromatic heterocycles. The summed E-state index contributed by atoms with van der Waals surface area (Å²) in [5.74, 6) is 1.73. The molecule has 0 fully saturated rings. The first-order chi connectivity index (χ1) is 8.70. The van der Waals surface area contributed by atoms with Gasteiger partial charge < -0.3 is 10.2 Å². The maximum atomic E-state index is 4.30. The van der Waals surface area contributed by atoms with Gasteiger partial charge in [-0.05, 0) is 31.5 Å². The molecule has 4 nitrogen and oxygen atoms in total.